The summed E-state index contributed by atoms with van der Waals surface area (Å²) in [6.45, 7) is 2.04. The largest absolute Gasteiger partial charge is 0.384 e. The van der Waals surface area contributed by atoms with Crippen LogP contribution in [0.15, 0.2) is 0 Å². The van der Waals surface area contributed by atoms with Crippen LogP contribution in [0.5, 0.6) is 0 Å². The van der Waals surface area contributed by atoms with Crippen LogP contribution in [0.1, 0.15) is 13.3 Å². The molecule has 9 heavy (non-hydrogen) atoms. The van der Waals surface area contributed by atoms with Gasteiger partial charge in [-0.25, -0.2) is 9.90 Å². The molecular formula is C6H11O3. The highest BCUT2D eigenvalue weighted by Crippen LogP contribution is 2.01. The van der Waals surface area contributed by atoms with Crippen molar-refractivity contribution in [2.75, 3.05) is 13.7 Å². The molecule has 0 fully saturated rings. The lowest BCUT2D eigenvalue weighted by Crippen LogP contribution is -2.16. The molecule has 0 saturated heterocycles. The molecule has 0 aliphatic carbocycles. The maximum Gasteiger partial charge on any atom is 0.360 e. The molecule has 0 spiro atoms. The highest BCUT2D eigenvalue weighted by molar-refractivity contribution is 5.69. The maximum absolute atomic E-state index is 10.1. The van der Waals surface area contributed by atoms with E-state index < -0.39 is 11.9 Å². The summed E-state index contributed by atoms with van der Waals surface area (Å²) >= 11 is 0. The Morgan fingerprint density at radius 3 is 2.33 bits per heavy atom. The average molecular weight is 131 g/mol. The van der Waals surface area contributed by atoms with Gasteiger partial charge >= 0.3 is 5.97 Å². The van der Waals surface area contributed by atoms with Gasteiger partial charge in [-0.3, -0.25) is 0 Å². The Morgan fingerprint density at radius 1 is 1.67 bits per heavy atom. The van der Waals surface area contributed by atoms with Crippen LogP contribution in [0.25, 0.3) is 0 Å². The molecule has 0 aliphatic heterocycles. The summed E-state index contributed by atoms with van der Waals surface area (Å²) in [5, 5.41) is 10.1. The van der Waals surface area contributed by atoms with Crippen molar-refractivity contribution in [3.8, 4) is 0 Å². The number of carbonyl (C=O) groups is 1. The molecule has 0 aromatic carbocycles. The van der Waals surface area contributed by atoms with E-state index in [2.05, 4.69) is 4.74 Å². The highest BCUT2D eigenvalue weighted by atomic mass is 16.5. The molecule has 3 nitrogen and oxygen atoms in total. The topological polar surface area (TPSA) is 46.2 Å². The van der Waals surface area contributed by atoms with E-state index in [9.17, 15) is 9.90 Å². The molecule has 0 aromatic heterocycles. The van der Waals surface area contributed by atoms with Crippen LogP contribution in [0, 0.1) is 5.92 Å². The lowest BCUT2D eigenvalue weighted by Gasteiger charge is -2.03. The second-order valence-corrected chi connectivity index (χ2v) is 1.88. The van der Waals surface area contributed by atoms with Gasteiger partial charge in [0.1, 0.15) is 0 Å². The molecule has 0 bridgehead atoms. The zero-order chi connectivity index (χ0) is 7.28. The predicted molar refractivity (Wildman–Crippen MR) is 31.4 cm³/mol. The first-order chi connectivity index (χ1) is 4.22. The molecule has 0 saturated carbocycles. The summed E-state index contributed by atoms with van der Waals surface area (Å²) in [6, 6.07) is 0. The molecule has 1 atom stereocenters. The summed E-state index contributed by atoms with van der Waals surface area (Å²) in [6.07, 6.45) is 0.566. The van der Waals surface area contributed by atoms with Crippen LogP contribution in [-0.2, 0) is 14.6 Å². The Morgan fingerprint density at radius 2 is 2.22 bits per heavy atom. The average Bonchev–Trinajstić information content (AvgIpc) is 1.82. The van der Waals surface area contributed by atoms with Crippen LogP contribution in [-0.4, -0.2) is 19.7 Å². The minimum Gasteiger partial charge on any atom is -0.384 e. The minimum atomic E-state index is -1.03. The van der Waals surface area contributed by atoms with E-state index in [1.165, 1.54) is 7.11 Å². The Hall–Kier alpha value is -0.570. The lowest BCUT2D eigenvalue weighted by molar-refractivity contribution is -0.150. The van der Waals surface area contributed by atoms with Crippen molar-refractivity contribution in [1.29, 1.82) is 0 Å². The van der Waals surface area contributed by atoms with Gasteiger partial charge in [-0.2, -0.15) is 0 Å². The Kier molecular flexibility index (Phi) is 4.05. The van der Waals surface area contributed by atoms with Crippen molar-refractivity contribution >= 4 is 5.97 Å². The van der Waals surface area contributed by atoms with Gasteiger partial charge in [0.2, 0.25) is 0 Å². The molecular weight excluding hydrogens is 120 g/mol. The Bertz CT molecular complexity index is 90.3. The van der Waals surface area contributed by atoms with E-state index in [0.717, 1.165) is 0 Å². The molecule has 3 heteroatoms. The van der Waals surface area contributed by atoms with Gasteiger partial charge in [0.25, 0.3) is 0 Å². The number of hydrogen-bond donors (Lipinski definition) is 0. The summed E-state index contributed by atoms with van der Waals surface area (Å²) in [4.78, 5) is 10.1. The van der Waals surface area contributed by atoms with Crippen LogP contribution in [0.3, 0.4) is 0 Å². The molecule has 1 unspecified atom stereocenters. The van der Waals surface area contributed by atoms with Crippen LogP contribution in [0.4, 0.5) is 0 Å². The normalized spacial score (nSPS) is 13.1. The summed E-state index contributed by atoms with van der Waals surface area (Å²) in [7, 11) is 1.48. The maximum atomic E-state index is 10.1. The van der Waals surface area contributed by atoms with Gasteiger partial charge < -0.3 is 4.74 Å². The van der Waals surface area contributed by atoms with Crippen LogP contribution in [0.2, 0.25) is 0 Å². The molecule has 0 heterocycles. The van der Waals surface area contributed by atoms with Crippen molar-refractivity contribution in [3.05, 3.63) is 0 Å². The summed E-state index contributed by atoms with van der Waals surface area (Å²) < 4.78 is 4.64. The van der Waals surface area contributed by atoms with Crippen molar-refractivity contribution in [1.82, 2.24) is 0 Å². The number of rotatable bonds is 4. The Balaban J connectivity index is 3.54. The van der Waals surface area contributed by atoms with E-state index in [0.29, 0.717) is 6.42 Å². The zero-order valence-corrected chi connectivity index (χ0v) is 5.72. The van der Waals surface area contributed by atoms with Crippen molar-refractivity contribution in [2.45, 2.75) is 13.3 Å². The van der Waals surface area contributed by atoms with Crippen LogP contribution >= 0.6 is 0 Å². The van der Waals surface area contributed by atoms with E-state index in [4.69, 9.17) is 0 Å². The number of ether oxygens (including phenoxy) is 1. The molecule has 1 radical (unpaired) electrons. The lowest BCUT2D eigenvalue weighted by atomic mass is 10.1. The SMILES string of the molecule is CCC(COC)C([O])=O. The zero-order valence-electron chi connectivity index (χ0n) is 5.72. The molecule has 53 valence electrons. The first-order valence-electron chi connectivity index (χ1n) is 2.92. The summed E-state index contributed by atoms with van der Waals surface area (Å²) in [5.74, 6) is -1.48. The van der Waals surface area contributed by atoms with E-state index >= 15 is 0 Å². The third-order valence-corrected chi connectivity index (χ3v) is 1.19. The van der Waals surface area contributed by atoms with Crippen molar-refractivity contribution < 1.29 is 14.6 Å². The minimum absolute atomic E-state index is 0.249. The van der Waals surface area contributed by atoms with E-state index in [-0.39, 0.29) is 6.61 Å². The fourth-order valence-corrected chi connectivity index (χ4v) is 0.554. The summed E-state index contributed by atoms with van der Waals surface area (Å²) in [5.41, 5.74) is 0. The molecule has 0 rings (SSSR count). The third-order valence-electron chi connectivity index (χ3n) is 1.19. The van der Waals surface area contributed by atoms with Crippen LogP contribution < -0.4 is 0 Å². The molecule has 0 amide bonds. The first kappa shape index (κ1) is 8.43. The fraction of sp³-hybridized carbons (Fsp3) is 0.833. The van der Waals surface area contributed by atoms with Gasteiger partial charge in [-0.1, -0.05) is 6.92 Å². The van der Waals surface area contributed by atoms with Gasteiger partial charge in [0.15, 0.2) is 0 Å². The standard InChI is InChI=1S/C6H11O3/c1-3-5(4-9-2)6(7)8/h5H,3-4H2,1-2H3. The first-order valence-corrected chi connectivity index (χ1v) is 2.92. The van der Waals surface area contributed by atoms with Gasteiger partial charge in [-0.05, 0) is 6.42 Å². The molecule has 0 N–H and O–H groups in total. The second-order valence-electron chi connectivity index (χ2n) is 1.88. The van der Waals surface area contributed by atoms with Gasteiger partial charge in [-0.15, -0.1) is 0 Å². The number of carbonyl (C=O) groups excluding carboxylic acids is 1. The highest BCUT2D eigenvalue weighted by Gasteiger charge is 2.15. The number of hydrogen-bond acceptors (Lipinski definition) is 2. The monoisotopic (exact) mass is 131 g/mol. The van der Waals surface area contributed by atoms with Crippen molar-refractivity contribution in [2.24, 2.45) is 5.92 Å². The van der Waals surface area contributed by atoms with Crippen molar-refractivity contribution in [3.63, 3.8) is 0 Å². The molecule has 0 aliphatic rings. The van der Waals surface area contributed by atoms with Gasteiger partial charge in [0, 0.05) is 7.11 Å². The quantitative estimate of drug-likeness (QED) is 0.561. The predicted octanol–water partition coefficient (Wildman–Crippen LogP) is 0.616. The van der Waals surface area contributed by atoms with E-state index in [1.54, 1.807) is 6.92 Å². The second kappa shape index (κ2) is 4.32. The number of methoxy groups -OCH3 is 1. The van der Waals surface area contributed by atoms with Gasteiger partial charge in [0.05, 0.1) is 12.5 Å². The smallest absolute Gasteiger partial charge is 0.360 e. The third kappa shape index (κ3) is 3.08. The Labute approximate surface area is 54.6 Å². The molecule has 0 aromatic rings. The fourth-order valence-electron chi connectivity index (χ4n) is 0.554. The van der Waals surface area contributed by atoms with E-state index in [1.807, 2.05) is 0 Å².